The van der Waals surface area contributed by atoms with Gasteiger partial charge in [0.15, 0.2) is 0 Å². The Balaban J connectivity index is 1.99. The third-order valence-corrected chi connectivity index (χ3v) is 6.80. The summed E-state index contributed by atoms with van der Waals surface area (Å²) in [6.45, 7) is 5.13. The fraction of sp³-hybridized carbons (Fsp3) is 0.714. The van der Waals surface area contributed by atoms with Gasteiger partial charge in [0.05, 0.1) is 0 Å². The summed E-state index contributed by atoms with van der Waals surface area (Å²) < 4.78 is 32.8. The topological polar surface area (TPSA) is 67.4 Å². The summed E-state index contributed by atoms with van der Waals surface area (Å²) in [6.07, 6.45) is 3.12. The van der Waals surface area contributed by atoms with Crippen molar-refractivity contribution in [1.29, 1.82) is 0 Å². The lowest BCUT2D eigenvalue weighted by Gasteiger charge is -2.12. The van der Waals surface area contributed by atoms with Crippen LogP contribution in [0, 0.1) is 6.92 Å². The molecule has 0 amide bonds. The van der Waals surface area contributed by atoms with E-state index in [4.69, 9.17) is 4.74 Å². The largest absolute Gasteiger partial charge is 0.385 e. The third kappa shape index (κ3) is 5.03. The van der Waals surface area contributed by atoms with Gasteiger partial charge >= 0.3 is 0 Å². The molecule has 7 heteroatoms. The first-order valence-corrected chi connectivity index (χ1v) is 9.56. The van der Waals surface area contributed by atoms with E-state index in [1.807, 2.05) is 13.8 Å². The summed E-state index contributed by atoms with van der Waals surface area (Å²) in [4.78, 5) is 1.10. The lowest BCUT2D eigenvalue weighted by atomic mass is 10.3. The van der Waals surface area contributed by atoms with E-state index in [2.05, 4.69) is 10.0 Å². The maximum Gasteiger partial charge on any atom is 0.250 e. The van der Waals surface area contributed by atoms with Crippen molar-refractivity contribution in [2.24, 2.45) is 0 Å². The molecule has 1 heterocycles. The summed E-state index contributed by atoms with van der Waals surface area (Å²) in [5.74, 6) is 0. The molecule has 1 aromatic rings. The number of hydrogen-bond acceptors (Lipinski definition) is 5. The average Bonchev–Trinajstić information content (AvgIpc) is 3.16. The van der Waals surface area contributed by atoms with Crippen LogP contribution in [0.4, 0.5) is 0 Å². The molecule has 0 aliphatic heterocycles. The van der Waals surface area contributed by atoms with Crippen molar-refractivity contribution in [1.82, 2.24) is 10.0 Å². The van der Waals surface area contributed by atoms with E-state index in [1.54, 1.807) is 13.2 Å². The van der Waals surface area contributed by atoms with Crippen LogP contribution < -0.4 is 10.0 Å². The highest BCUT2D eigenvalue weighted by Crippen LogP contribution is 2.27. The van der Waals surface area contributed by atoms with Crippen molar-refractivity contribution in [2.45, 2.75) is 55.9 Å². The second-order valence-corrected chi connectivity index (χ2v) is 8.71. The van der Waals surface area contributed by atoms with Crippen molar-refractivity contribution >= 4 is 21.4 Å². The lowest BCUT2D eigenvalue weighted by Crippen LogP contribution is -2.32. The zero-order chi connectivity index (χ0) is 15.5. The first-order valence-electron chi connectivity index (χ1n) is 7.26. The fourth-order valence-electron chi connectivity index (χ4n) is 2.00. The lowest BCUT2D eigenvalue weighted by molar-refractivity contribution is 0.188. The van der Waals surface area contributed by atoms with Crippen LogP contribution in [0.2, 0.25) is 0 Å². The summed E-state index contributed by atoms with van der Waals surface area (Å²) >= 11 is 1.36. The first-order chi connectivity index (χ1) is 9.92. The Morgan fingerprint density at radius 3 is 2.81 bits per heavy atom. The van der Waals surface area contributed by atoms with Crippen LogP contribution in [-0.2, 0) is 21.3 Å². The Labute approximate surface area is 131 Å². The molecule has 1 aliphatic rings. The average molecular weight is 332 g/mol. The Morgan fingerprint density at radius 2 is 2.19 bits per heavy atom. The highest BCUT2D eigenvalue weighted by atomic mass is 32.2. The minimum Gasteiger partial charge on any atom is -0.385 e. The molecule has 1 atom stereocenters. The van der Waals surface area contributed by atoms with Gasteiger partial charge in [-0.05, 0) is 44.7 Å². The number of ether oxygens (including phenoxy) is 1. The van der Waals surface area contributed by atoms with Gasteiger partial charge in [0, 0.05) is 37.2 Å². The number of rotatable bonds is 9. The van der Waals surface area contributed by atoms with Crippen LogP contribution in [0.5, 0.6) is 0 Å². The Morgan fingerprint density at radius 1 is 1.48 bits per heavy atom. The molecule has 5 nitrogen and oxygen atoms in total. The molecule has 0 radical (unpaired) electrons. The minimum absolute atomic E-state index is 0.134. The molecule has 0 bridgehead atoms. The number of nitrogens with one attached hydrogen (secondary N) is 2. The molecule has 2 N–H and O–H groups in total. The quantitative estimate of drug-likeness (QED) is 0.726. The van der Waals surface area contributed by atoms with Crippen molar-refractivity contribution in [3.8, 4) is 0 Å². The van der Waals surface area contributed by atoms with Gasteiger partial charge < -0.3 is 10.1 Å². The summed E-state index contributed by atoms with van der Waals surface area (Å²) in [7, 11) is -1.82. The van der Waals surface area contributed by atoms with Gasteiger partial charge in [0.25, 0.3) is 0 Å². The monoisotopic (exact) mass is 332 g/mol. The van der Waals surface area contributed by atoms with E-state index in [9.17, 15) is 8.42 Å². The Bertz CT molecular complexity index is 565. The number of hydrogen-bond donors (Lipinski definition) is 2. The van der Waals surface area contributed by atoms with Crippen molar-refractivity contribution in [3.63, 3.8) is 0 Å². The number of aryl methyl sites for hydroxylation is 1. The highest BCUT2D eigenvalue weighted by molar-refractivity contribution is 7.91. The molecule has 2 rings (SSSR count). The van der Waals surface area contributed by atoms with Crippen LogP contribution in [0.15, 0.2) is 10.3 Å². The van der Waals surface area contributed by atoms with Crippen molar-refractivity contribution < 1.29 is 13.2 Å². The highest BCUT2D eigenvalue weighted by Gasteiger charge is 2.23. The molecule has 0 spiro atoms. The molecule has 1 aromatic heterocycles. The van der Waals surface area contributed by atoms with E-state index >= 15 is 0 Å². The van der Waals surface area contributed by atoms with Crippen LogP contribution in [0.3, 0.4) is 0 Å². The van der Waals surface area contributed by atoms with Crippen molar-refractivity contribution in [3.05, 3.63) is 16.5 Å². The zero-order valence-corrected chi connectivity index (χ0v) is 14.4. The van der Waals surface area contributed by atoms with Crippen LogP contribution in [-0.4, -0.2) is 34.2 Å². The molecule has 0 aromatic carbocycles. The maximum atomic E-state index is 12.4. The van der Waals surface area contributed by atoms with Gasteiger partial charge in [0.2, 0.25) is 10.0 Å². The molecular weight excluding hydrogens is 308 g/mol. The standard InChI is InChI=1S/C14H24N2O3S2/c1-10-8-14(20-13(10)9-15-12-4-5-12)21(17,18)16-11(2)6-7-19-3/h8,11-12,15-16H,4-7,9H2,1-3H3. The molecule has 1 saturated carbocycles. The van der Waals surface area contributed by atoms with E-state index in [0.29, 0.717) is 23.3 Å². The SMILES string of the molecule is COCCC(C)NS(=O)(=O)c1cc(C)c(CNC2CC2)s1. The summed E-state index contributed by atoms with van der Waals surface area (Å²) in [6, 6.07) is 2.25. The molecule has 0 saturated heterocycles. The third-order valence-electron chi connectivity index (χ3n) is 3.50. The predicted octanol–water partition coefficient (Wildman–Crippen LogP) is 2.01. The normalized spacial score (nSPS) is 17.1. The van der Waals surface area contributed by atoms with Crippen molar-refractivity contribution in [2.75, 3.05) is 13.7 Å². The van der Waals surface area contributed by atoms with Gasteiger partial charge in [-0.15, -0.1) is 11.3 Å². The van der Waals surface area contributed by atoms with Gasteiger partial charge in [-0.25, -0.2) is 13.1 Å². The number of methoxy groups -OCH3 is 1. The second kappa shape index (κ2) is 7.19. The van der Waals surface area contributed by atoms with Crippen LogP contribution >= 0.6 is 11.3 Å². The molecule has 1 unspecified atom stereocenters. The summed E-state index contributed by atoms with van der Waals surface area (Å²) in [5, 5.41) is 3.43. The predicted molar refractivity (Wildman–Crippen MR) is 85.2 cm³/mol. The van der Waals surface area contributed by atoms with E-state index in [1.165, 1.54) is 24.2 Å². The molecule has 1 aliphatic carbocycles. The van der Waals surface area contributed by atoms with Crippen LogP contribution in [0.1, 0.15) is 36.6 Å². The Hall–Kier alpha value is -0.470. The van der Waals surface area contributed by atoms with Gasteiger partial charge in [-0.3, -0.25) is 0 Å². The molecular formula is C14H24N2O3S2. The Kier molecular flexibility index (Phi) is 5.79. The number of sulfonamides is 1. The van der Waals surface area contributed by atoms with Gasteiger partial charge in [-0.2, -0.15) is 0 Å². The molecule has 120 valence electrons. The minimum atomic E-state index is -3.43. The summed E-state index contributed by atoms with van der Waals surface area (Å²) in [5.41, 5.74) is 1.04. The fourth-order valence-corrected chi connectivity index (χ4v) is 4.83. The van der Waals surface area contributed by atoms with Gasteiger partial charge in [0.1, 0.15) is 4.21 Å². The van der Waals surface area contributed by atoms with Crippen LogP contribution in [0.25, 0.3) is 0 Å². The van der Waals surface area contributed by atoms with E-state index in [-0.39, 0.29) is 6.04 Å². The maximum absolute atomic E-state index is 12.4. The number of thiophene rings is 1. The molecule has 1 fully saturated rings. The molecule has 21 heavy (non-hydrogen) atoms. The second-order valence-electron chi connectivity index (χ2n) is 5.63. The first kappa shape index (κ1) is 16.9. The zero-order valence-electron chi connectivity index (χ0n) is 12.8. The van der Waals surface area contributed by atoms with Gasteiger partial charge in [-0.1, -0.05) is 0 Å². The van der Waals surface area contributed by atoms with E-state index in [0.717, 1.165) is 17.0 Å². The van der Waals surface area contributed by atoms with E-state index < -0.39 is 10.0 Å². The smallest absolute Gasteiger partial charge is 0.250 e.